The van der Waals surface area contributed by atoms with Gasteiger partial charge in [-0.25, -0.2) is 0 Å². The SMILES string of the molecule is CN1CC[C@]23c4c5ccc(O)c4O[C@H]2[C@@H](O)C=C[C@H]3[C@@H]1C5.Cl. The predicted octanol–water partition coefficient (Wildman–Crippen LogP) is 1.62. The van der Waals surface area contributed by atoms with Gasteiger partial charge in [0.25, 0.3) is 0 Å². The number of piperidine rings is 1. The highest BCUT2D eigenvalue weighted by Crippen LogP contribution is 2.62. The highest BCUT2D eigenvalue weighted by molar-refractivity contribution is 5.85. The molecule has 0 saturated carbocycles. The molecule has 0 unspecified atom stereocenters. The van der Waals surface area contributed by atoms with Crippen LogP contribution in [0.2, 0.25) is 0 Å². The summed E-state index contributed by atoms with van der Waals surface area (Å²) in [5.74, 6) is 1.19. The van der Waals surface area contributed by atoms with E-state index in [9.17, 15) is 10.2 Å². The number of benzene rings is 1. The number of aromatic hydroxyl groups is 1. The second kappa shape index (κ2) is 4.40. The van der Waals surface area contributed by atoms with Crippen LogP contribution in [-0.4, -0.2) is 47.0 Å². The molecule has 2 N–H and O–H groups in total. The normalized spacial score (nSPS) is 40.6. The molecule has 0 aromatic heterocycles. The lowest BCUT2D eigenvalue weighted by atomic mass is 9.53. The largest absolute Gasteiger partial charge is 0.504 e. The Balaban J connectivity index is 0.00000125. The number of rotatable bonds is 0. The van der Waals surface area contributed by atoms with Crippen LogP contribution >= 0.6 is 12.4 Å². The van der Waals surface area contributed by atoms with Crippen LogP contribution in [0, 0.1) is 5.92 Å². The molecule has 5 rings (SSSR count). The molecule has 118 valence electrons. The summed E-state index contributed by atoms with van der Waals surface area (Å²) in [7, 11) is 2.19. The number of halogens is 1. The topological polar surface area (TPSA) is 52.9 Å². The van der Waals surface area contributed by atoms with Crippen molar-refractivity contribution in [2.24, 2.45) is 5.92 Å². The van der Waals surface area contributed by atoms with Crippen molar-refractivity contribution >= 4 is 12.4 Å². The van der Waals surface area contributed by atoms with Crippen LogP contribution in [0.4, 0.5) is 0 Å². The molecule has 4 nitrogen and oxygen atoms in total. The van der Waals surface area contributed by atoms with E-state index in [1.165, 1.54) is 11.1 Å². The van der Waals surface area contributed by atoms with Crippen molar-refractivity contribution in [1.29, 1.82) is 0 Å². The zero-order chi connectivity index (χ0) is 14.4. The molecule has 0 radical (unpaired) electrons. The first kappa shape index (κ1) is 14.4. The van der Waals surface area contributed by atoms with E-state index in [1.54, 1.807) is 6.07 Å². The third kappa shape index (κ3) is 1.41. The van der Waals surface area contributed by atoms with E-state index >= 15 is 0 Å². The number of hydrogen-bond donors (Lipinski definition) is 2. The van der Waals surface area contributed by atoms with E-state index in [2.05, 4.69) is 18.0 Å². The molecule has 22 heavy (non-hydrogen) atoms. The number of phenols is 1. The summed E-state index contributed by atoms with van der Waals surface area (Å²) in [6, 6.07) is 4.23. The maximum Gasteiger partial charge on any atom is 0.165 e. The minimum absolute atomic E-state index is 0. The molecular weight excluding hydrogens is 302 g/mol. The van der Waals surface area contributed by atoms with Gasteiger partial charge in [-0.1, -0.05) is 18.2 Å². The molecule has 2 bridgehead atoms. The fourth-order valence-corrected chi connectivity index (χ4v) is 5.24. The van der Waals surface area contributed by atoms with Gasteiger partial charge in [0.1, 0.15) is 12.2 Å². The minimum Gasteiger partial charge on any atom is -0.504 e. The quantitative estimate of drug-likeness (QED) is 0.713. The highest BCUT2D eigenvalue weighted by Gasteiger charge is 2.64. The first-order valence-electron chi connectivity index (χ1n) is 7.71. The Morgan fingerprint density at radius 3 is 2.95 bits per heavy atom. The molecule has 1 fully saturated rings. The van der Waals surface area contributed by atoms with Gasteiger partial charge in [0.05, 0.1) is 0 Å². The van der Waals surface area contributed by atoms with E-state index in [0.29, 0.717) is 17.7 Å². The molecule has 2 heterocycles. The highest BCUT2D eigenvalue weighted by atomic mass is 35.5. The standard InChI is InChI=1S/C17H19NO3.ClH/c1-18-7-6-17-10-3-5-13(20)16(17)21-15-12(19)4-2-9(14(15)17)8-11(10)18;/h2-5,10-11,13,16,19-20H,6-8H2,1H3;1H/t10-,11-,13-,16-,17-;/m0./s1. The van der Waals surface area contributed by atoms with Crippen molar-refractivity contribution in [2.75, 3.05) is 13.6 Å². The lowest BCUT2D eigenvalue weighted by Gasteiger charge is -2.56. The summed E-state index contributed by atoms with van der Waals surface area (Å²) < 4.78 is 6.09. The van der Waals surface area contributed by atoms with Gasteiger partial charge in [0.2, 0.25) is 0 Å². The van der Waals surface area contributed by atoms with Crippen LogP contribution in [0.25, 0.3) is 0 Å². The van der Waals surface area contributed by atoms with Crippen molar-refractivity contribution in [3.63, 3.8) is 0 Å². The van der Waals surface area contributed by atoms with Crippen LogP contribution in [0.3, 0.4) is 0 Å². The third-order valence-corrected chi connectivity index (χ3v) is 6.15. The van der Waals surface area contributed by atoms with E-state index in [-0.39, 0.29) is 29.7 Å². The molecule has 5 heteroatoms. The Bertz CT molecular complexity index is 676. The Labute approximate surface area is 135 Å². The van der Waals surface area contributed by atoms with E-state index in [1.807, 2.05) is 12.1 Å². The van der Waals surface area contributed by atoms with Crippen LogP contribution in [0.5, 0.6) is 11.5 Å². The fraction of sp³-hybridized carbons (Fsp3) is 0.529. The van der Waals surface area contributed by atoms with Gasteiger partial charge in [0.15, 0.2) is 11.5 Å². The maximum absolute atomic E-state index is 10.4. The maximum atomic E-state index is 10.4. The second-order valence-corrected chi connectivity index (χ2v) is 6.93. The first-order chi connectivity index (χ1) is 10.1. The molecule has 0 amide bonds. The van der Waals surface area contributed by atoms with Gasteiger partial charge in [0, 0.05) is 22.9 Å². The fourth-order valence-electron chi connectivity index (χ4n) is 5.24. The van der Waals surface area contributed by atoms with E-state index in [4.69, 9.17) is 4.74 Å². The molecule has 5 atom stereocenters. The monoisotopic (exact) mass is 321 g/mol. The number of likely N-dealkylation sites (N-methyl/N-ethyl adjacent to an activating group) is 1. The zero-order valence-electron chi connectivity index (χ0n) is 12.4. The Morgan fingerprint density at radius 2 is 2.14 bits per heavy atom. The predicted molar refractivity (Wildman–Crippen MR) is 84.8 cm³/mol. The van der Waals surface area contributed by atoms with Crippen LogP contribution in [-0.2, 0) is 11.8 Å². The van der Waals surface area contributed by atoms with Gasteiger partial charge in [-0.05, 0) is 38.1 Å². The number of likely N-dealkylation sites (tertiary alicyclic amines) is 1. The Hall–Kier alpha value is -1.23. The number of aliphatic hydroxyl groups is 1. The van der Waals surface area contributed by atoms with Crippen LogP contribution in [0.15, 0.2) is 24.3 Å². The summed E-state index contributed by atoms with van der Waals surface area (Å²) in [4.78, 5) is 2.43. The molecule has 1 aromatic carbocycles. The van der Waals surface area contributed by atoms with Gasteiger partial charge >= 0.3 is 0 Å². The van der Waals surface area contributed by atoms with E-state index < -0.39 is 6.10 Å². The Morgan fingerprint density at radius 1 is 1.32 bits per heavy atom. The number of nitrogens with zero attached hydrogens (tertiary/aromatic N) is 1. The molecule has 4 aliphatic rings. The molecule has 1 saturated heterocycles. The van der Waals surface area contributed by atoms with Crippen molar-refractivity contribution in [3.8, 4) is 11.5 Å². The molecule has 2 aliphatic heterocycles. The average Bonchev–Trinajstić information content (AvgIpc) is 2.83. The first-order valence-corrected chi connectivity index (χ1v) is 7.71. The van der Waals surface area contributed by atoms with Crippen LogP contribution < -0.4 is 4.74 Å². The number of aliphatic hydroxyl groups excluding tert-OH is 1. The van der Waals surface area contributed by atoms with Crippen molar-refractivity contribution in [2.45, 2.75) is 36.5 Å². The summed E-state index contributed by atoms with van der Waals surface area (Å²) in [5.41, 5.74) is 2.29. The van der Waals surface area contributed by atoms with Crippen molar-refractivity contribution in [1.82, 2.24) is 4.90 Å². The second-order valence-electron chi connectivity index (χ2n) is 6.93. The molecule has 1 aromatic rings. The number of phenolic OH excluding ortho intramolecular Hbond substituents is 1. The van der Waals surface area contributed by atoms with Crippen molar-refractivity contribution in [3.05, 3.63) is 35.4 Å². The number of hydrogen-bond acceptors (Lipinski definition) is 4. The summed E-state index contributed by atoms with van der Waals surface area (Å²) in [6.45, 7) is 1.01. The zero-order valence-corrected chi connectivity index (χ0v) is 13.2. The molecular formula is C17H20ClNO3. The number of ether oxygens (including phenoxy) is 1. The smallest absolute Gasteiger partial charge is 0.165 e. The van der Waals surface area contributed by atoms with E-state index in [0.717, 1.165) is 19.4 Å². The lowest BCUT2D eigenvalue weighted by Crippen LogP contribution is -2.64. The van der Waals surface area contributed by atoms with Gasteiger partial charge in [-0.15, -0.1) is 12.4 Å². The summed E-state index contributed by atoms with van der Waals surface area (Å²) in [6.07, 6.45) is 5.18. The summed E-state index contributed by atoms with van der Waals surface area (Å²) >= 11 is 0. The van der Waals surface area contributed by atoms with Crippen LogP contribution in [0.1, 0.15) is 17.5 Å². The minimum atomic E-state index is -0.594. The molecule has 1 spiro atoms. The average molecular weight is 322 g/mol. The third-order valence-electron chi connectivity index (χ3n) is 6.15. The Kier molecular flexibility index (Phi) is 2.88. The molecule has 2 aliphatic carbocycles. The van der Waals surface area contributed by atoms with Gasteiger partial charge < -0.3 is 19.8 Å². The van der Waals surface area contributed by atoms with Gasteiger partial charge in [-0.2, -0.15) is 0 Å². The summed E-state index contributed by atoms with van der Waals surface area (Å²) in [5, 5.41) is 20.6. The lowest BCUT2D eigenvalue weighted by molar-refractivity contribution is -0.0453. The van der Waals surface area contributed by atoms with Gasteiger partial charge in [-0.3, -0.25) is 0 Å². The van der Waals surface area contributed by atoms with Crippen molar-refractivity contribution < 1.29 is 14.9 Å².